The number of benzene rings is 1. The summed E-state index contributed by atoms with van der Waals surface area (Å²) >= 11 is 6.18. The van der Waals surface area contributed by atoms with Crippen LogP contribution < -0.4 is 14.8 Å². The van der Waals surface area contributed by atoms with Gasteiger partial charge in [0.25, 0.3) is 0 Å². The van der Waals surface area contributed by atoms with Crippen molar-refractivity contribution in [2.45, 2.75) is 19.8 Å². The molecule has 0 atom stereocenters. The van der Waals surface area contributed by atoms with Gasteiger partial charge in [-0.2, -0.15) is 0 Å². The molecule has 152 valence electrons. The monoisotopic (exact) mass is 426 g/mol. The SMILES string of the molecule is C=C(/C=C\C(=C/C)c1cc2c(cc1Cl)OC(F)(F)O2)NCc1c(F)cncc1F. The maximum atomic E-state index is 13.6. The van der Waals surface area contributed by atoms with Crippen LogP contribution in [0.3, 0.4) is 0 Å². The fraction of sp³-hybridized carbons (Fsp3) is 0.150. The molecule has 4 nitrogen and oxygen atoms in total. The predicted molar refractivity (Wildman–Crippen MR) is 101 cm³/mol. The molecule has 0 radical (unpaired) electrons. The van der Waals surface area contributed by atoms with Crippen molar-refractivity contribution in [3.8, 4) is 11.5 Å². The topological polar surface area (TPSA) is 43.4 Å². The Labute approximate surface area is 169 Å². The molecule has 1 aromatic carbocycles. The number of nitrogens with zero attached hydrogens (tertiary/aromatic N) is 1. The zero-order valence-electron chi connectivity index (χ0n) is 15.1. The largest absolute Gasteiger partial charge is 0.586 e. The molecule has 0 amide bonds. The molecule has 2 aromatic rings. The molecule has 0 unspecified atom stereocenters. The average molecular weight is 427 g/mol. The minimum absolute atomic E-state index is 0.131. The molecule has 0 saturated carbocycles. The summed E-state index contributed by atoms with van der Waals surface area (Å²) in [5.41, 5.74) is 1.22. The molecule has 1 aliphatic rings. The number of halogens is 5. The van der Waals surface area contributed by atoms with E-state index in [0.29, 0.717) is 16.8 Å². The molecule has 3 rings (SSSR count). The van der Waals surface area contributed by atoms with E-state index in [-0.39, 0.29) is 28.6 Å². The quantitative estimate of drug-likeness (QED) is 0.482. The molecule has 1 aromatic heterocycles. The fourth-order valence-corrected chi connectivity index (χ4v) is 2.86. The van der Waals surface area contributed by atoms with Gasteiger partial charge in [0.05, 0.1) is 17.4 Å². The first-order valence-electron chi connectivity index (χ1n) is 8.35. The summed E-state index contributed by atoms with van der Waals surface area (Å²) in [5, 5.41) is 2.97. The van der Waals surface area contributed by atoms with Gasteiger partial charge in [-0.25, -0.2) is 8.78 Å². The molecular weight excluding hydrogens is 412 g/mol. The first-order chi connectivity index (χ1) is 13.7. The van der Waals surface area contributed by atoms with Crippen molar-refractivity contribution < 1.29 is 27.0 Å². The third-order valence-corrected chi connectivity index (χ3v) is 4.33. The van der Waals surface area contributed by atoms with E-state index in [1.165, 1.54) is 12.1 Å². The summed E-state index contributed by atoms with van der Waals surface area (Å²) in [4.78, 5) is 3.42. The van der Waals surface area contributed by atoms with Crippen LogP contribution in [0.5, 0.6) is 11.5 Å². The first-order valence-corrected chi connectivity index (χ1v) is 8.73. The Hall–Kier alpha value is -3.00. The molecule has 9 heteroatoms. The molecular formula is C20H15ClF4N2O2. The molecule has 0 aliphatic carbocycles. The van der Waals surface area contributed by atoms with Gasteiger partial charge in [-0.15, -0.1) is 8.78 Å². The molecule has 0 fully saturated rings. The fourth-order valence-electron chi connectivity index (χ4n) is 2.59. The van der Waals surface area contributed by atoms with Crippen molar-refractivity contribution in [2.75, 3.05) is 0 Å². The average Bonchev–Trinajstić information content (AvgIpc) is 2.94. The maximum absolute atomic E-state index is 13.6. The van der Waals surface area contributed by atoms with Crippen LogP contribution >= 0.6 is 11.6 Å². The minimum atomic E-state index is -3.74. The lowest BCUT2D eigenvalue weighted by molar-refractivity contribution is -0.286. The van der Waals surface area contributed by atoms with E-state index in [2.05, 4.69) is 26.4 Å². The number of hydrogen-bond donors (Lipinski definition) is 1. The number of aromatic nitrogens is 1. The highest BCUT2D eigenvalue weighted by molar-refractivity contribution is 6.32. The van der Waals surface area contributed by atoms with Crippen molar-refractivity contribution in [1.82, 2.24) is 10.3 Å². The zero-order chi connectivity index (χ0) is 21.2. The van der Waals surface area contributed by atoms with Crippen LogP contribution in [0.4, 0.5) is 17.6 Å². The highest BCUT2D eigenvalue weighted by atomic mass is 35.5. The van der Waals surface area contributed by atoms with Crippen LogP contribution in [-0.4, -0.2) is 11.3 Å². The van der Waals surface area contributed by atoms with Gasteiger partial charge in [0, 0.05) is 29.4 Å². The van der Waals surface area contributed by atoms with E-state index in [0.717, 1.165) is 12.4 Å². The summed E-state index contributed by atoms with van der Waals surface area (Å²) < 4.78 is 62.5. The van der Waals surface area contributed by atoms with Gasteiger partial charge in [-0.3, -0.25) is 4.98 Å². The van der Waals surface area contributed by atoms with E-state index < -0.39 is 17.9 Å². The van der Waals surface area contributed by atoms with Crippen molar-refractivity contribution in [3.63, 3.8) is 0 Å². The molecule has 2 heterocycles. The van der Waals surface area contributed by atoms with Gasteiger partial charge in [0.1, 0.15) is 11.6 Å². The van der Waals surface area contributed by atoms with Crippen molar-refractivity contribution in [3.05, 3.63) is 82.8 Å². The van der Waals surface area contributed by atoms with Crippen LogP contribution in [0.25, 0.3) is 5.57 Å². The van der Waals surface area contributed by atoms with Crippen molar-refractivity contribution >= 4 is 17.2 Å². The van der Waals surface area contributed by atoms with E-state index in [4.69, 9.17) is 11.6 Å². The lowest BCUT2D eigenvalue weighted by atomic mass is 10.0. The lowest BCUT2D eigenvalue weighted by Crippen LogP contribution is -2.25. The van der Waals surface area contributed by atoms with E-state index in [1.54, 1.807) is 25.2 Å². The van der Waals surface area contributed by atoms with E-state index in [9.17, 15) is 17.6 Å². The highest BCUT2D eigenvalue weighted by Crippen LogP contribution is 2.45. The number of alkyl halides is 2. The molecule has 0 saturated heterocycles. The number of allylic oxidation sites excluding steroid dienone is 4. The van der Waals surface area contributed by atoms with Crippen LogP contribution in [0.1, 0.15) is 18.1 Å². The lowest BCUT2D eigenvalue weighted by Gasteiger charge is -2.09. The normalized spacial score (nSPS) is 15.0. The van der Waals surface area contributed by atoms with Crippen molar-refractivity contribution in [2.24, 2.45) is 0 Å². The second kappa shape index (κ2) is 8.16. The number of nitrogens with one attached hydrogen (secondary N) is 1. The number of ether oxygens (including phenoxy) is 2. The Kier molecular flexibility index (Phi) is 5.83. The third kappa shape index (κ3) is 4.71. The number of fused-ring (bicyclic) bond motifs is 1. The minimum Gasteiger partial charge on any atom is -0.395 e. The van der Waals surface area contributed by atoms with Crippen LogP contribution in [0, 0.1) is 11.6 Å². The Morgan fingerprint density at radius 2 is 1.79 bits per heavy atom. The summed E-state index contributed by atoms with van der Waals surface area (Å²) in [5.74, 6) is -1.84. The van der Waals surface area contributed by atoms with Gasteiger partial charge >= 0.3 is 6.29 Å². The smallest absolute Gasteiger partial charge is 0.395 e. The summed E-state index contributed by atoms with van der Waals surface area (Å²) in [6.07, 6.45) is 2.97. The van der Waals surface area contributed by atoms with Crippen LogP contribution in [-0.2, 0) is 6.54 Å². The van der Waals surface area contributed by atoms with Gasteiger partial charge < -0.3 is 14.8 Å². The Bertz CT molecular complexity index is 1000. The van der Waals surface area contributed by atoms with E-state index in [1.807, 2.05) is 0 Å². The van der Waals surface area contributed by atoms with Gasteiger partial charge in [0.15, 0.2) is 11.5 Å². The van der Waals surface area contributed by atoms with Crippen LogP contribution in [0.15, 0.2) is 55.0 Å². The second-order valence-corrected chi connectivity index (χ2v) is 6.39. The Morgan fingerprint density at radius 3 is 2.41 bits per heavy atom. The predicted octanol–water partition coefficient (Wildman–Crippen LogP) is 5.60. The first kappa shape index (κ1) is 20.7. The van der Waals surface area contributed by atoms with Gasteiger partial charge in [-0.05, 0) is 24.6 Å². The molecule has 0 spiro atoms. The van der Waals surface area contributed by atoms with Gasteiger partial charge in [0.2, 0.25) is 0 Å². The van der Waals surface area contributed by atoms with E-state index >= 15 is 0 Å². The second-order valence-electron chi connectivity index (χ2n) is 5.98. The highest BCUT2D eigenvalue weighted by Gasteiger charge is 2.43. The summed E-state index contributed by atoms with van der Waals surface area (Å²) in [6, 6.07) is 2.59. The Balaban J connectivity index is 1.72. The summed E-state index contributed by atoms with van der Waals surface area (Å²) in [7, 11) is 0. The maximum Gasteiger partial charge on any atom is 0.586 e. The zero-order valence-corrected chi connectivity index (χ0v) is 15.9. The molecule has 29 heavy (non-hydrogen) atoms. The Morgan fingerprint density at radius 1 is 1.17 bits per heavy atom. The summed E-state index contributed by atoms with van der Waals surface area (Å²) in [6.45, 7) is 5.36. The number of pyridine rings is 1. The third-order valence-electron chi connectivity index (χ3n) is 4.02. The number of rotatable bonds is 6. The number of hydrogen-bond acceptors (Lipinski definition) is 4. The van der Waals surface area contributed by atoms with Crippen molar-refractivity contribution in [1.29, 1.82) is 0 Å². The van der Waals surface area contributed by atoms with Gasteiger partial charge in [-0.1, -0.05) is 30.3 Å². The standard InChI is InChI=1S/C20H15ClF4N2O2/c1-3-12(13-6-18-19(7-15(13)21)29-20(24,25)28-18)5-4-11(2)27-8-14-16(22)9-26-10-17(14)23/h3-7,9-10,27H,2,8H2,1H3/b5-4-,12-3+. The van der Waals surface area contributed by atoms with Crippen LogP contribution in [0.2, 0.25) is 5.02 Å². The molecule has 0 bridgehead atoms. The molecule has 1 aliphatic heterocycles. The molecule has 1 N–H and O–H groups in total.